The molecule has 0 saturated carbocycles. The van der Waals surface area contributed by atoms with Crippen LogP contribution in [0.2, 0.25) is 0 Å². The molecule has 0 atom stereocenters. The fraction of sp³-hybridized carbons (Fsp3) is 0.227. The van der Waals surface area contributed by atoms with Crippen LogP contribution in [0, 0.1) is 5.82 Å². The third-order valence-corrected chi connectivity index (χ3v) is 5.29. The fourth-order valence-electron chi connectivity index (χ4n) is 3.68. The Bertz CT molecular complexity index is 1430. The van der Waals surface area contributed by atoms with Crippen molar-refractivity contribution in [2.75, 3.05) is 20.2 Å². The number of aryl methyl sites for hydroxylation is 1. The number of aliphatic carboxylic acids is 1. The molecule has 2 aromatic heterocycles. The third-order valence-electron chi connectivity index (χ3n) is 5.29. The first-order valence-corrected chi connectivity index (χ1v) is 10.2. The molecule has 12 heteroatoms. The highest BCUT2D eigenvalue weighted by Gasteiger charge is 2.19. The second-order valence-electron chi connectivity index (χ2n) is 7.49. The zero-order chi connectivity index (χ0) is 24.4. The van der Waals surface area contributed by atoms with E-state index in [1.165, 1.54) is 24.1 Å². The largest absolute Gasteiger partial charge is 0.494 e. The molecule has 4 aromatic rings. The van der Waals surface area contributed by atoms with Crippen molar-refractivity contribution in [3.05, 3.63) is 42.5 Å². The number of amides is 2. The molecule has 0 saturated heterocycles. The Kier molecular flexibility index (Phi) is 6.13. The van der Waals surface area contributed by atoms with E-state index in [9.17, 15) is 18.8 Å². The first-order chi connectivity index (χ1) is 16.3. The van der Waals surface area contributed by atoms with E-state index < -0.39 is 30.1 Å². The van der Waals surface area contributed by atoms with Crippen LogP contribution in [0.15, 0.2) is 36.7 Å². The number of carboxylic acid groups (broad SMARTS) is 1. The van der Waals surface area contributed by atoms with Gasteiger partial charge in [-0.2, -0.15) is 10.2 Å². The van der Waals surface area contributed by atoms with Crippen molar-refractivity contribution in [3.8, 4) is 16.9 Å². The van der Waals surface area contributed by atoms with Gasteiger partial charge in [0.1, 0.15) is 30.2 Å². The summed E-state index contributed by atoms with van der Waals surface area (Å²) >= 11 is 0. The van der Waals surface area contributed by atoms with Crippen LogP contribution in [0.3, 0.4) is 0 Å². The number of fused-ring (bicyclic) bond motifs is 2. The molecule has 0 radical (unpaired) electrons. The Morgan fingerprint density at radius 3 is 2.56 bits per heavy atom. The minimum absolute atomic E-state index is 0.237. The number of nitrogens with zero attached hydrogens (tertiary/aromatic N) is 4. The van der Waals surface area contributed by atoms with Gasteiger partial charge in [-0.25, -0.2) is 4.39 Å². The van der Waals surface area contributed by atoms with Gasteiger partial charge in [0.15, 0.2) is 0 Å². The van der Waals surface area contributed by atoms with E-state index >= 15 is 0 Å². The second-order valence-corrected chi connectivity index (χ2v) is 7.49. The molecular formula is C22H21FN6O5. The monoisotopic (exact) mass is 468 g/mol. The molecule has 2 heterocycles. The van der Waals surface area contributed by atoms with Crippen molar-refractivity contribution in [2.24, 2.45) is 7.05 Å². The van der Waals surface area contributed by atoms with Crippen molar-refractivity contribution in [2.45, 2.75) is 6.54 Å². The molecular weight excluding hydrogens is 447 g/mol. The van der Waals surface area contributed by atoms with Gasteiger partial charge in [-0.3, -0.25) is 23.7 Å². The molecule has 2 aromatic carbocycles. The van der Waals surface area contributed by atoms with Gasteiger partial charge in [0.2, 0.25) is 11.8 Å². The van der Waals surface area contributed by atoms with Crippen LogP contribution in [0.25, 0.3) is 32.9 Å². The minimum Gasteiger partial charge on any atom is -0.494 e. The number of aromatic nitrogens is 4. The predicted molar refractivity (Wildman–Crippen MR) is 120 cm³/mol. The van der Waals surface area contributed by atoms with Crippen molar-refractivity contribution in [1.29, 1.82) is 0 Å². The van der Waals surface area contributed by atoms with E-state index in [1.807, 2.05) is 0 Å². The van der Waals surface area contributed by atoms with Crippen LogP contribution in [0.4, 0.5) is 4.39 Å². The summed E-state index contributed by atoms with van der Waals surface area (Å²) in [5, 5.41) is 22.8. The molecule has 0 aliphatic heterocycles. The average molecular weight is 468 g/mol. The summed E-state index contributed by atoms with van der Waals surface area (Å²) < 4.78 is 23.5. The molecule has 176 valence electrons. The summed E-state index contributed by atoms with van der Waals surface area (Å²) in [6.07, 6.45) is 3.11. The summed E-state index contributed by atoms with van der Waals surface area (Å²) in [6, 6.07) is 6.51. The number of hydrogen-bond donors (Lipinski definition) is 3. The second kappa shape index (κ2) is 9.17. The lowest BCUT2D eigenvalue weighted by Crippen LogP contribution is -2.40. The molecule has 0 aliphatic carbocycles. The summed E-state index contributed by atoms with van der Waals surface area (Å²) in [7, 11) is 3.24. The molecule has 4 rings (SSSR count). The van der Waals surface area contributed by atoms with Gasteiger partial charge in [0.05, 0.1) is 31.6 Å². The summed E-state index contributed by atoms with van der Waals surface area (Å²) in [5.74, 6) is -2.34. The van der Waals surface area contributed by atoms with Crippen LogP contribution >= 0.6 is 0 Å². The molecule has 0 unspecified atom stereocenters. The molecule has 0 bridgehead atoms. The summed E-state index contributed by atoms with van der Waals surface area (Å²) in [5.41, 5.74) is 2.15. The Hall–Kier alpha value is -4.48. The van der Waals surface area contributed by atoms with Gasteiger partial charge >= 0.3 is 5.97 Å². The SMILES string of the molecule is COc1ccc(-c2cc3c(cnn3C)cc2F)c2cnn(CC(=O)NCC(=O)NCC(=O)O)c12. The number of methoxy groups -OCH3 is 1. The van der Waals surface area contributed by atoms with E-state index in [1.54, 1.807) is 36.1 Å². The minimum atomic E-state index is -1.19. The highest BCUT2D eigenvalue weighted by atomic mass is 19.1. The van der Waals surface area contributed by atoms with Gasteiger partial charge in [-0.1, -0.05) is 0 Å². The Morgan fingerprint density at radius 2 is 1.82 bits per heavy atom. The van der Waals surface area contributed by atoms with E-state index in [4.69, 9.17) is 9.84 Å². The van der Waals surface area contributed by atoms with Gasteiger partial charge in [-0.05, 0) is 29.8 Å². The standard InChI is InChI=1S/C22H21FN6O5/c1-28-17-6-14(16(23)5-12(17)7-26-28)13-3-4-18(34-2)22-15(13)8-27-29(22)11-20(31)24-9-19(30)25-10-21(32)33/h3-8H,9-11H2,1-2H3,(H,24,31)(H,25,30)(H,32,33). The number of carbonyl (C=O) groups excluding carboxylic acids is 2. The van der Waals surface area contributed by atoms with Gasteiger partial charge in [0.25, 0.3) is 0 Å². The highest BCUT2D eigenvalue weighted by Crippen LogP contribution is 2.37. The number of ether oxygens (including phenoxy) is 1. The summed E-state index contributed by atoms with van der Waals surface area (Å²) in [4.78, 5) is 34.5. The first-order valence-electron chi connectivity index (χ1n) is 10.2. The van der Waals surface area contributed by atoms with Crippen molar-refractivity contribution in [1.82, 2.24) is 30.2 Å². The maximum Gasteiger partial charge on any atom is 0.322 e. The Labute approximate surface area is 192 Å². The zero-order valence-electron chi connectivity index (χ0n) is 18.3. The quantitative estimate of drug-likeness (QED) is 0.351. The topological polar surface area (TPSA) is 140 Å². The molecule has 2 amide bonds. The number of carbonyl (C=O) groups is 3. The number of rotatable bonds is 8. The molecule has 34 heavy (non-hydrogen) atoms. The Balaban J connectivity index is 1.64. The predicted octanol–water partition coefficient (Wildman–Crippen LogP) is 1.05. The van der Waals surface area contributed by atoms with E-state index in [0.717, 1.165) is 5.52 Å². The normalized spacial score (nSPS) is 11.0. The zero-order valence-corrected chi connectivity index (χ0v) is 18.3. The van der Waals surface area contributed by atoms with Crippen LogP contribution in [-0.4, -0.2) is 62.7 Å². The number of carboxylic acids is 1. The van der Waals surface area contributed by atoms with Crippen LogP contribution < -0.4 is 15.4 Å². The van der Waals surface area contributed by atoms with Crippen molar-refractivity contribution < 1.29 is 28.6 Å². The molecule has 3 N–H and O–H groups in total. The maximum absolute atomic E-state index is 15.0. The van der Waals surface area contributed by atoms with Gasteiger partial charge in [0, 0.05) is 23.4 Å². The smallest absolute Gasteiger partial charge is 0.322 e. The van der Waals surface area contributed by atoms with Crippen molar-refractivity contribution >= 4 is 39.6 Å². The van der Waals surface area contributed by atoms with Crippen LogP contribution in [-0.2, 0) is 28.0 Å². The van der Waals surface area contributed by atoms with E-state index in [-0.39, 0.29) is 13.1 Å². The van der Waals surface area contributed by atoms with E-state index in [0.29, 0.717) is 33.2 Å². The maximum atomic E-state index is 15.0. The summed E-state index contributed by atoms with van der Waals surface area (Å²) in [6.45, 7) is -1.16. The van der Waals surface area contributed by atoms with Crippen LogP contribution in [0.1, 0.15) is 0 Å². The number of halogens is 1. The Morgan fingerprint density at radius 1 is 1.06 bits per heavy atom. The fourth-order valence-corrected chi connectivity index (χ4v) is 3.68. The molecule has 0 spiro atoms. The third kappa shape index (κ3) is 4.37. The number of benzene rings is 2. The van der Waals surface area contributed by atoms with Crippen LogP contribution in [0.5, 0.6) is 5.75 Å². The average Bonchev–Trinajstić information content (AvgIpc) is 3.39. The van der Waals surface area contributed by atoms with E-state index in [2.05, 4.69) is 20.8 Å². The van der Waals surface area contributed by atoms with Crippen molar-refractivity contribution in [3.63, 3.8) is 0 Å². The first kappa shape index (κ1) is 22.7. The lowest BCUT2D eigenvalue weighted by molar-refractivity contribution is -0.137. The molecule has 0 aliphatic rings. The number of nitrogens with one attached hydrogen (secondary N) is 2. The lowest BCUT2D eigenvalue weighted by Gasteiger charge is -2.11. The lowest BCUT2D eigenvalue weighted by atomic mass is 9.99. The number of hydrogen-bond acceptors (Lipinski definition) is 6. The molecule has 0 fully saturated rings. The van der Waals surface area contributed by atoms with Gasteiger partial charge < -0.3 is 20.5 Å². The molecule has 11 nitrogen and oxygen atoms in total. The highest BCUT2D eigenvalue weighted by molar-refractivity contribution is 6.00. The van der Waals surface area contributed by atoms with Gasteiger partial charge in [-0.15, -0.1) is 0 Å².